The molecule has 5 rings (SSSR count). The van der Waals surface area contributed by atoms with E-state index in [9.17, 15) is 8.42 Å². The van der Waals surface area contributed by atoms with Gasteiger partial charge in [0.1, 0.15) is 5.75 Å². The van der Waals surface area contributed by atoms with E-state index >= 15 is 0 Å². The SMILES string of the molecule is COc1ccc2c(c1)CC[C@@H]1N=C(NCC3CCC(CNS(=O)(=O)c4ccccc4)CC3)C[C@H]21. The third-order valence-corrected chi connectivity index (χ3v) is 9.27. The number of benzene rings is 2. The van der Waals surface area contributed by atoms with Crippen LogP contribution in [0.15, 0.2) is 58.4 Å². The highest BCUT2D eigenvalue weighted by atomic mass is 32.2. The number of methoxy groups -OCH3 is 1. The number of hydrogen-bond donors (Lipinski definition) is 2. The average Bonchev–Trinajstić information content (AvgIpc) is 3.31. The first kappa shape index (κ1) is 23.4. The van der Waals surface area contributed by atoms with Crippen LogP contribution < -0.4 is 14.8 Å². The summed E-state index contributed by atoms with van der Waals surface area (Å²) in [4.78, 5) is 5.37. The molecular formula is C27H35N3O3S. The van der Waals surface area contributed by atoms with Crippen LogP contribution in [-0.4, -0.2) is 40.5 Å². The number of sulfonamides is 1. The van der Waals surface area contributed by atoms with Gasteiger partial charge in [0.25, 0.3) is 0 Å². The predicted octanol–water partition coefficient (Wildman–Crippen LogP) is 4.27. The Morgan fingerprint density at radius 1 is 0.971 bits per heavy atom. The smallest absolute Gasteiger partial charge is 0.240 e. The molecule has 34 heavy (non-hydrogen) atoms. The number of aryl methyl sites for hydroxylation is 1. The summed E-state index contributed by atoms with van der Waals surface area (Å²) in [6.45, 7) is 1.49. The zero-order chi connectivity index (χ0) is 23.5. The molecule has 3 aliphatic rings. The van der Waals surface area contributed by atoms with Crippen molar-refractivity contribution in [3.05, 3.63) is 59.7 Å². The molecule has 2 N–H and O–H groups in total. The van der Waals surface area contributed by atoms with Crippen LogP contribution in [0.4, 0.5) is 0 Å². The second kappa shape index (κ2) is 10.1. The van der Waals surface area contributed by atoms with Gasteiger partial charge in [-0.25, -0.2) is 13.1 Å². The standard InChI is InChI=1S/C27H35N3O3S/c1-33-22-12-13-24-21(15-22)11-14-26-25(24)16-27(30-26)28-17-19-7-9-20(10-8-19)18-29-34(31,32)23-5-3-2-4-6-23/h2-6,12-13,15,19-20,25-26,29H,7-11,14,16-18H2,1H3,(H,28,30)/t19?,20?,25-,26+/m1/s1. The van der Waals surface area contributed by atoms with Crippen LogP contribution in [0.1, 0.15) is 55.6 Å². The van der Waals surface area contributed by atoms with Crippen molar-refractivity contribution >= 4 is 15.9 Å². The third kappa shape index (κ3) is 5.15. The van der Waals surface area contributed by atoms with Crippen LogP contribution in [0.5, 0.6) is 5.75 Å². The van der Waals surface area contributed by atoms with Gasteiger partial charge >= 0.3 is 0 Å². The summed E-state index contributed by atoms with van der Waals surface area (Å²) in [5.74, 6) is 3.64. The minimum absolute atomic E-state index is 0.340. The first-order valence-corrected chi connectivity index (χ1v) is 14.0. The van der Waals surface area contributed by atoms with E-state index in [4.69, 9.17) is 9.73 Å². The Kier molecular flexibility index (Phi) is 6.93. The number of nitrogens with one attached hydrogen (secondary N) is 2. The van der Waals surface area contributed by atoms with E-state index in [1.54, 1.807) is 31.4 Å². The summed E-state index contributed by atoms with van der Waals surface area (Å²) in [5, 5.41) is 3.67. The second-order valence-electron chi connectivity index (χ2n) is 9.99. The molecule has 2 atom stereocenters. The summed E-state index contributed by atoms with van der Waals surface area (Å²) < 4.78 is 33.1. The largest absolute Gasteiger partial charge is 0.497 e. The number of hydrogen-bond acceptors (Lipinski definition) is 5. The highest BCUT2D eigenvalue weighted by Crippen LogP contribution is 2.41. The van der Waals surface area contributed by atoms with Crippen LogP contribution in [0, 0.1) is 11.8 Å². The Labute approximate surface area is 203 Å². The fourth-order valence-electron chi connectivity index (χ4n) is 5.79. The van der Waals surface area contributed by atoms with Gasteiger partial charge in [0, 0.05) is 25.4 Å². The van der Waals surface area contributed by atoms with Crippen molar-refractivity contribution in [1.82, 2.24) is 10.0 Å². The number of fused-ring (bicyclic) bond motifs is 3. The van der Waals surface area contributed by atoms with Gasteiger partial charge in [-0.05, 0) is 85.8 Å². The van der Waals surface area contributed by atoms with E-state index < -0.39 is 10.0 Å². The van der Waals surface area contributed by atoms with E-state index in [2.05, 4.69) is 28.2 Å². The van der Waals surface area contributed by atoms with Crippen molar-refractivity contribution in [1.29, 1.82) is 0 Å². The molecule has 182 valence electrons. The fourth-order valence-corrected chi connectivity index (χ4v) is 6.93. The molecule has 7 heteroatoms. The van der Waals surface area contributed by atoms with Crippen molar-refractivity contribution < 1.29 is 13.2 Å². The minimum atomic E-state index is -3.42. The van der Waals surface area contributed by atoms with Gasteiger partial charge in [-0.15, -0.1) is 0 Å². The summed E-state index contributed by atoms with van der Waals surface area (Å²) in [7, 11) is -1.69. The van der Waals surface area contributed by atoms with E-state index in [-0.39, 0.29) is 0 Å². The van der Waals surface area contributed by atoms with Gasteiger partial charge in [0.05, 0.1) is 23.9 Å². The van der Waals surface area contributed by atoms with Crippen LogP contribution in [0.3, 0.4) is 0 Å². The Hall–Kier alpha value is -2.38. The molecule has 1 aliphatic heterocycles. The van der Waals surface area contributed by atoms with Gasteiger partial charge in [-0.3, -0.25) is 4.99 Å². The fraction of sp³-hybridized carbons (Fsp3) is 0.519. The molecule has 1 heterocycles. The summed E-state index contributed by atoms with van der Waals surface area (Å²) in [5.41, 5.74) is 2.86. The van der Waals surface area contributed by atoms with E-state index in [0.717, 1.165) is 63.1 Å². The van der Waals surface area contributed by atoms with Crippen molar-refractivity contribution in [2.45, 2.75) is 61.8 Å². The molecule has 2 aliphatic carbocycles. The van der Waals surface area contributed by atoms with Crippen LogP contribution in [0.25, 0.3) is 0 Å². The van der Waals surface area contributed by atoms with Gasteiger partial charge in [0.2, 0.25) is 10.0 Å². The molecule has 0 aromatic heterocycles. The lowest BCUT2D eigenvalue weighted by Gasteiger charge is -2.29. The average molecular weight is 482 g/mol. The first-order valence-electron chi connectivity index (χ1n) is 12.5. The molecule has 0 saturated heterocycles. The Morgan fingerprint density at radius 3 is 2.44 bits per heavy atom. The number of aliphatic imine (C=N–C) groups is 1. The van der Waals surface area contributed by atoms with Crippen LogP contribution in [-0.2, 0) is 16.4 Å². The maximum atomic E-state index is 12.5. The molecule has 2 aromatic carbocycles. The zero-order valence-electron chi connectivity index (χ0n) is 19.9. The topological polar surface area (TPSA) is 79.8 Å². The van der Waals surface area contributed by atoms with Gasteiger partial charge in [-0.1, -0.05) is 24.3 Å². The van der Waals surface area contributed by atoms with Crippen LogP contribution >= 0.6 is 0 Å². The second-order valence-corrected chi connectivity index (χ2v) is 11.8. The normalized spacial score (nSPS) is 26.3. The van der Waals surface area contributed by atoms with Crippen molar-refractivity contribution in [3.63, 3.8) is 0 Å². The Morgan fingerprint density at radius 2 is 1.71 bits per heavy atom. The Bertz CT molecular complexity index is 1130. The van der Waals surface area contributed by atoms with Gasteiger partial charge < -0.3 is 10.1 Å². The molecule has 0 bridgehead atoms. The molecule has 0 unspecified atom stereocenters. The van der Waals surface area contributed by atoms with Gasteiger partial charge in [0.15, 0.2) is 0 Å². The highest BCUT2D eigenvalue weighted by molar-refractivity contribution is 7.89. The zero-order valence-corrected chi connectivity index (χ0v) is 20.7. The van der Waals surface area contributed by atoms with Crippen molar-refractivity contribution in [2.75, 3.05) is 20.2 Å². The lowest BCUT2D eigenvalue weighted by atomic mass is 9.79. The van der Waals surface area contributed by atoms with Crippen molar-refractivity contribution in [3.8, 4) is 5.75 Å². The number of nitrogens with zero attached hydrogens (tertiary/aromatic N) is 1. The predicted molar refractivity (Wildman–Crippen MR) is 135 cm³/mol. The molecule has 0 spiro atoms. The maximum absolute atomic E-state index is 12.5. The van der Waals surface area contributed by atoms with Crippen LogP contribution in [0.2, 0.25) is 0 Å². The van der Waals surface area contributed by atoms with E-state index in [0.29, 0.717) is 35.2 Å². The minimum Gasteiger partial charge on any atom is -0.497 e. The highest BCUT2D eigenvalue weighted by Gasteiger charge is 2.35. The molecule has 1 saturated carbocycles. The third-order valence-electron chi connectivity index (χ3n) is 7.84. The first-order chi connectivity index (χ1) is 16.5. The van der Waals surface area contributed by atoms with E-state index in [1.165, 1.54) is 11.1 Å². The van der Waals surface area contributed by atoms with Gasteiger partial charge in [-0.2, -0.15) is 0 Å². The molecule has 1 fully saturated rings. The maximum Gasteiger partial charge on any atom is 0.240 e. The molecule has 2 aromatic rings. The number of ether oxygens (including phenoxy) is 1. The monoisotopic (exact) mass is 481 g/mol. The summed E-state index contributed by atoms with van der Waals surface area (Å²) >= 11 is 0. The Balaban J connectivity index is 1.07. The molecular weight excluding hydrogens is 446 g/mol. The number of amidine groups is 1. The number of rotatable bonds is 7. The summed E-state index contributed by atoms with van der Waals surface area (Å²) in [6.07, 6.45) is 7.58. The van der Waals surface area contributed by atoms with Crippen molar-refractivity contribution in [2.24, 2.45) is 16.8 Å². The lowest BCUT2D eigenvalue weighted by molar-refractivity contribution is 0.275. The van der Waals surface area contributed by atoms with E-state index in [1.807, 2.05) is 6.07 Å². The quantitative estimate of drug-likeness (QED) is 0.619. The lowest BCUT2D eigenvalue weighted by Crippen LogP contribution is -2.34. The molecule has 6 nitrogen and oxygen atoms in total. The summed E-state index contributed by atoms with van der Waals surface area (Å²) in [6, 6.07) is 15.5. The molecule has 0 amide bonds. The molecule has 0 radical (unpaired) electrons.